The molecule has 29 heavy (non-hydrogen) atoms. The number of rotatable bonds is 6. The van der Waals surface area contributed by atoms with Crippen LogP contribution in [0.5, 0.6) is 0 Å². The summed E-state index contributed by atoms with van der Waals surface area (Å²) in [5.74, 6) is -0.511. The Bertz CT molecular complexity index is 943. The fourth-order valence-electron chi connectivity index (χ4n) is 2.74. The monoisotopic (exact) mass is 395 g/mol. The molecule has 152 valence electrons. The van der Waals surface area contributed by atoms with Crippen LogP contribution in [0.15, 0.2) is 60.9 Å². The van der Waals surface area contributed by atoms with Crippen LogP contribution in [0.3, 0.4) is 0 Å². The predicted molar refractivity (Wildman–Crippen MR) is 110 cm³/mol. The van der Waals surface area contributed by atoms with Gasteiger partial charge < -0.3 is 13.9 Å². The van der Waals surface area contributed by atoms with E-state index >= 15 is 0 Å². The van der Waals surface area contributed by atoms with Gasteiger partial charge in [0, 0.05) is 24.5 Å². The number of ether oxygens (including phenoxy) is 2. The van der Waals surface area contributed by atoms with E-state index in [1.165, 1.54) is 4.90 Å². The summed E-state index contributed by atoms with van der Waals surface area (Å²) in [6.07, 6.45) is 3.71. The molecule has 0 saturated carbocycles. The first-order valence-corrected chi connectivity index (χ1v) is 9.46. The molecule has 3 aromatic rings. The minimum Gasteiger partial charge on any atom is -0.464 e. The van der Waals surface area contributed by atoms with Crippen LogP contribution in [0.4, 0.5) is 10.5 Å². The molecule has 2 aromatic heterocycles. The zero-order valence-electron chi connectivity index (χ0n) is 16.9. The summed E-state index contributed by atoms with van der Waals surface area (Å²) < 4.78 is 12.7. The molecule has 0 atom stereocenters. The fourth-order valence-corrected chi connectivity index (χ4v) is 2.74. The Morgan fingerprint density at radius 3 is 2.48 bits per heavy atom. The van der Waals surface area contributed by atoms with Crippen molar-refractivity contribution >= 4 is 23.4 Å². The molecule has 1 aromatic carbocycles. The van der Waals surface area contributed by atoms with Crippen LogP contribution in [-0.2, 0) is 20.7 Å². The quantitative estimate of drug-likeness (QED) is 0.593. The largest absolute Gasteiger partial charge is 0.464 e. The van der Waals surface area contributed by atoms with Crippen LogP contribution >= 0.6 is 0 Å². The molecule has 2 heterocycles. The van der Waals surface area contributed by atoms with E-state index in [0.29, 0.717) is 12.1 Å². The van der Waals surface area contributed by atoms with Gasteiger partial charge in [-0.3, -0.25) is 9.69 Å². The average Bonchev–Trinajstić information content (AvgIpc) is 3.08. The van der Waals surface area contributed by atoms with Crippen molar-refractivity contribution in [2.45, 2.75) is 32.8 Å². The second-order valence-electron chi connectivity index (χ2n) is 7.57. The molecule has 0 saturated heterocycles. The van der Waals surface area contributed by atoms with Gasteiger partial charge in [-0.25, -0.2) is 9.78 Å². The lowest BCUT2D eigenvalue weighted by Crippen LogP contribution is -2.40. The highest BCUT2D eigenvalue weighted by molar-refractivity contribution is 5.93. The molecule has 1 amide bonds. The summed E-state index contributed by atoms with van der Waals surface area (Å²) in [5, 5.41) is 0. The van der Waals surface area contributed by atoms with Crippen LogP contribution < -0.4 is 4.90 Å². The molecule has 0 fully saturated rings. The Labute approximate surface area is 169 Å². The molecular formula is C22H25N3O4. The number of imidazole rings is 1. The summed E-state index contributed by atoms with van der Waals surface area (Å²) in [5.41, 5.74) is 1.57. The van der Waals surface area contributed by atoms with Gasteiger partial charge in [0.25, 0.3) is 0 Å². The summed E-state index contributed by atoms with van der Waals surface area (Å²) >= 11 is 0. The van der Waals surface area contributed by atoms with Gasteiger partial charge in [-0.1, -0.05) is 24.3 Å². The highest BCUT2D eigenvalue weighted by Crippen LogP contribution is 2.18. The molecule has 0 aliphatic rings. The first-order chi connectivity index (χ1) is 13.8. The number of anilines is 1. The Balaban J connectivity index is 1.59. The smallest absolute Gasteiger partial charge is 0.415 e. The summed E-state index contributed by atoms with van der Waals surface area (Å²) in [4.78, 5) is 30.7. The Kier molecular flexibility index (Phi) is 6.16. The maximum absolute atomic E-state index is 12.6. The number of esters is 1. The number of fused-ring (bicyclic) bond motifs is 1. The third kappa shape index (κ3) is 5.81. The molecule has 0 radical (unpaired) electrons. The van der Waals surface area contributed by atoms with Gasteiger partial charge in [0.1, 0.15) is 17.8 Å². The van der Waals surface area contributed by atoms with E-state index in [0.717, 1.165) is 11.3 Å². The van der Waals surface area contributed by atoms with Crippen LogP contribution in [0.25, 0.3) is 5.65 Å². The van der Waals surface area contributed by atoms with Crippen LogP contribution in [-0.4, -0.2) is 40.2 Å². The van der Waals surface area contributed by atoms with E-state index in [1.54, 1.807) is 45.0 Å². The number of aromatic nitrogens is 2. The number of carbonyl (C=O) groups is 2. The maximum atomic E-state index is 12.6. The normalized spacial score (nSPS) is 11.3. The zero-order valence-corrected chi connectivity index (χ0v) is 16.9. The highest BCUT2D eigenvalue weighted by Gasteiger charge is 2.25. The molecule has 7 heteroatoms. The molecular weight excluding hydrogens is 370 g/mol. The number of carbonyl (C=O) groups excluding carboxylic acids is 2. The van der Waals surface area contributed by atoms with Gasteiger partial charge in [0.15, 0.2) is 0 Å². The second-order valence-corrected chi connectivity index (χ2v) is 7.57. The van der Waals surface area contributed by atoms with Crippen LogP contribution in [0.2, 0.25) is 0 Å². The summed E-state index contributed by atoms with van der Waals surface area (Å²) in [7, 11) is 0. The molecule has 0 spiro atoms. The fraction of sp³-hybridized carbons (Fsp3) is 0.318. The predicted octanol–water partition coefficient (Wildman–Crippen LogP) is 3.86. The second kappa shape index (κ2) is 8.77. The molecule has 0 aliphatic carbocycles. The maximum Gasteiger partial charge on any atom is 0.415 e. The minimum absolute atomic E-state index is 0.180. The lowest BCUT2D eigenvalue weighted by molar-refractivity contribution is -0.141. The number of hydrogen-bond donors (Lipinski definition) is 0. The van der Waals surface area contributed by atoms with E-state index in [1.807, 2.05) is 41.1 Å². The van der Waals surface area contributed by atoms with E-state index in [9.17, 15) is 9.59 Å². The topological polar surface area (TPSA) is 73.1 Å². The van der Waals surface area contributed by atoms with Crippen molar-refractivity contribution in [2.24, 2.45) is 0 Å². The van der Waals surface area contributed by atoms with Crippen LogP contribution in [0.1, 0.15) is 26.5 Å². The number of hydrogen-bond acceptors (Lipinski definition) is 5. The summed E-state index contributed by atoms with van der Waals surface area (Å²) in [6, 6.07) is 14.7. The molecule has 0 bridgehead atoms. The van der Waals surface area contributed by atoms with Crippen molar-refractivity contribution < 1.29 is 19.1 Å². The summed E-state index contributed by atoms with van der Waals surface area (Å²) in [6.45, 7) is 5.29. The zero-order chi connectivity index (χ0) is 20.9. The molecule has 0 unspecified atom stereocenters. The van der Waals surface area contributed by atoms with Crippen molar-refractivity contribution in [3.8, 4) is 0 Å². The van der Waals surface area contributed by atoms with Gasteiger partial charge in [-0.15, -0.1) is 0 Å². The van der Waals surface area contributed by atoms with E-state index < -0.39 is 17.7 Å². The third-order valence-corrected chi connectivity index (χ3v) is 4.00. The van der Waals surface area contributed by atoms with Crippen LogP contribution in [0, 0.1) is 0 Å². The first-order valence-electron chi connectivity index (χ1n) is 9.46. The Hall–Kier alpha value is -3.35. The van der Waals surface area contributed by atoms with Crippen molar-refractivity contribution in [2.75, 3.05) is 18.1 Å². The van der Waals surface area contributed by atoms with Crippen molar-refractivity contribution in [1.82, 2.24) is 9.38 Å². The lowest BCUT2D eigenvalue weighted by atomic mass is 10.2. The van der Waals surface area contributed by atoms with Gasteiger partial charge in [0.05, 0.1) is 12.3 Å². The van der Waals surface area contributed by atoms with Gasteiger partial charge in [-0.05, 0) is 45.0 Å². The van der Waals surface area contributed by atoms with E-state index in [2.05, 4.69) is 4.98 Å². The number of nitrogens with zero attached hydrogens (tertiary/aromatic N) is 3. The van der Waals surface area contributed by atoms with Crippen molar-refractivity contribution in [3.05, 3.63) is 66.6 Å². The van der Waals surface area contributed by atoms with Gasteiger partial charge in [0.2, 0.25) is 0 Å². The number of para-hydroxylation sites is 1. The first kappa shape index (κ1) is 20.4. The molecule has 0 aliphatic heterocycles. The molecule has 0 N–H and O–H groups in total. The minimum atomic E-state index is -0.670. The highest BCUT2D eigenvalue weighted by atomic mass is 16.6. The van der Waals surface area contributed by atoms with Crippen molar-refractivity contribution in [3.63, 3.8) is 0 Å². The van der Waals surface area contributed by atoms with E-state index in [4.69, 9.17) is 9.47 Å². The average molecular weight is 395 g/mol. The Morgan fingerprint density at radius 1 is 1.07 bits per heavy atom. The SMILES string of the molecule is CC(C)(C)OC(=O)N(CC(=O)OCCc1cn2ccccc2n1)c1ccccc1. The van der Waals surface area contributed by atoms with Crippen molar-refractivity contribution in [1.29, 1.82) is 0 Å². The molecule has 3 rings (SSSR count). The van der Waals surface area contributed by atoms with Gasteiger partial charge >= 0.3 is 12.1 Å². The van der Waals surface area contributed by atoms with E-state index in [-0.39, 0.29) is 13.2 Å². The molecule has 7 nitrogen and oxygen atoms in total. The van der Waals surface area contributed by atoms with Gasteiger partial charge in [-0.2, -0.15) is 0 Å². The standard InChI is InChI=1S/C22H25N3O4/c1-22(2,3)29-21(27)25(18-9-5-4-6-10-18)16-20(26)28-14-12-17-15-24-13-8-7-11-19(24)23-17/h4-11,13,15H,12,14,16H2,1-3H3. The third-order valence-electron chi connectivity index (χ3n) is 4.00. The Morgan fingerprint density at radius 2 is 1.79 bits per heavy atom. The number of benzene rings is 1. The lowest BCUT2D eigenvalue weighted by Gasteiger charge is -2.26. The number of pyridine rings is 1. The number of amides is 1.